The second kappa shape index (κ2) is 8.49. The number of hydrogen-bond acceptors (Lipinski definition) is 4. The zero-order chi connectivity index (χ0) is 21.1. The number of hydrogen-bond donors (Lipinski definition) is 0. The van der Waals surface area contributed by atoms with Crippen LogP contribution in [-0.2, 0) is 17.9 Å². The molecular formula is C23H24FN5O. The number of aromatic nitrogens is 4. The van der Waals surface area contributed by atoms with Crippen LogP contribution in [0, 0.1) is 5.82 Å². The average Bonchev–Trinajstić information content (AvgIpc) is 3.35. The molecule has 4 aromatic rings. The Morgan fingerprint density at radius 3 is 2.80 bits per heavy atom. The van der Waals surface area contributed by atoms with E-state index in [-0.39, 0.29) is 5.82 Å². The minimum atomic E-state index is -0.278. The van der Waals surface area contributed by atoms with Crippen LogP contribution >= 0.6 is 0 Å². The molecule has 2 aromatic carbocycles. The molecule has 0 saturated heterocycles. The molecule has 30 heavy (non-hydrogen) atoms. The maximum absolute atomic E-state index is 13.7. The zero-order valence-corrected chi connectivity index (χ0v) is 17.3. The molecule has 2 heterocycles. The molecular weight excluding hydrogens is 381 g/mol. The van der Waals surface area contributed by atoms with Gasteiger partial charge in [0.25, 0.3) is 0 Å². The summed E-state index contributed by atoms with van der Waals surface area (Å²) in [5.74, 6) is 1.35. The van der Waals surface area contributed by atoms with E-state index < -0.39 is 0 Å². The highest BCUT2D eigenvalue weighted by Gasteiger charge is 2.14. The van der Waals surface area contributed by atoms with Crippen LogP contribution in [-0.4, -0.2) is 31.4 Å². The van der Waals surface area contributed by atoms with Gasteiger partial charge in [0, 0.05) is 30.1 Å². The highest BCUT2D eigenvalue weighted by Crippen LogP contribution is 2.23. The monoisotopic (exact) mass is 405 g/mol. The maximum atomic E-state index is 13.7. The van der Waals surface area contributed by atoms with E-state index in [1.807, 2.05) is 42.8 Å². The molecule has 0 unspecified atom stereocenters. The molecule has 0 aliphatic heterocycles. The Morgan fingerprint density at radius 2 is 2.03 bits per heavy atom. The highest BCUT2D eigenvalue weighted by molar-refractivity contribution is 6.00. The van der Waals surface area contributed by atoms with Crippen LogP contribution in [0.4, 0.5) is 4.39 Å². The summed E-state index contributed by atoms with van der Waals surface area (Å²) in [7, 11) is 0. The fraction of sp³-hybridized carbons (Fsp3) is 0.261. The lowest BCUT2D eigenvalue weighted by Crippen LogP contribution is -2.08. The smallest absolute Gasteiger partial charge is 0.140 e. The number of fused-ring (bicyclic) bond motifs is 1. The Balaban J connectivity index is 1.71. The third-order valence-corrected chi connectivity index (χ3v) is 5.00. The number of aryl methyl sites for hydroxylation is 1. The quantitative estimate of drug-likeness (QED) is 0.326. The van der Waals surface area contributed by atoms with E-state index in [4.69, 9.17) is 9.82 Å². The van der Waals surface area contributed by atoms with Gasteiger partial charge in [0.05, 0.1) is 23.3 Å². The third-order valence-electron chi connectivity index (χ3n) is 5.00. The van der Waals surface area contributed by atoms with E-state index in [0.29, 0.717) is 19.0 Å². The van der Waals surface area contributed by atoms with Crippen LogP contribution in [0.25, 0.3) is 22.4 Å². The van der Waals surface area contributed by atoms with E-state index >= 15 is 0 Å². The first-order valence-electron chi connectivity index (χ1n) is 10.0. The zero-order valence-electron chi connectivity index (χ0n) is 17.3. The predicted octanol–water partition coefficient (Wildman–Crippen LogP) is 4.87. The van der Waals surface area contributed by atoms with E-state index in [0.717, 1.165) is 40.2 Å². The van der Waals surface area contributed by atoms with Crippen molar-refractivity contribution in [3.8, 4) is 11.4 Å². The molecule has 0 bridgehead atoms. The summed E-state index contributed by atoms with van der Waals surface area (Å²) in [6.45, 7) is 7.79. The number of rotatable bonds is 7. The lowest BCUT2D eigenvalue weighted by atomic mass is 10.1. The van der Waals surface area contributed by atoms with Crippen molar-refractivity contribution in [1.82, 2.24) is 19.1 Å². The minimum absolute atomic E-state index is 0.278. The second-order valence-electron chi connectivity index (χ2n) is 6.96. The maximum Gasteiger partial charge on any atom is 0.140 e. The van der Waals surface area contributed by atoms with Crippen molar-refractivity contribution < 1.29 is 9.23 Å². The third kappa shape index (κ3) is 3.83. The molecule has 0 spiro atoms. The van der Waals surface area contributed by atoms with Crippen molar-refractivity contribution in [2.75, 3.05) is 6.61 Å². The summed E-state index contributed by atoms with van der Waals surface area (Å²) in [5.41, 5.74) is 4.50. The SMILES string of the molecule is CCON=C(C)c1ccc2c(c1)nc(Cn1ccnc1-c1cccc(F)c1)n2CC. The summed E-state index contributed by atoms with van der Waals surface area (Å²) in [6, 6.07) is 12.6. The number of imidazole rings is 2. The fourth-order valence-corrected chi connectivity index (χ4v) is 3.57. The van der Waals surface area contributed by atoms with Crippen molar-refractivity contribution in [2.45, 2.75) is 33.9 Å². The largest absolute Gasteiger partial charge is 0.396 e. The van der Waals surface area contributed by atoms with Gasteiger partial charge in [-0.15, -0.1) is 0 Å². The van der Waals surface area contributed by atoms with Gasteiger partial charge in [-0.05, 0) is 45.0 Å². The van der Waals surface area contributed by atoms with Crippen LogP contribution in [0.15, 0.2) is 60.0 Å². The first-order valence-corrected chi connectivity index (χ1v) is 10.0. The fourth-order valence-electron chi connectivity index (χ4n) is 3.57. The lowest BCUT2D eigenvalue weighted by molar-refractivity contribution is 0.159. The van der Waals surface area contributed by atoms with Gasteiger partial charge < -0.3 is 14.0 Å². The van der Waals surface area contributed by atoms with Gasteiger partial charge in [-0.3, -0.25) is 0 Å². The van der Waals surface area contributed by atoms with Gasteiger partial charge >= 0.3 is 0 Å². The van der Waals surface area contributed by atoms with Gasteiger partial charge in [0.2, 0.25) is 0 Å². The Morgan fingerprint density at radius 1 is 1.17 bits per heavy atom. The molecule has 0 N–H and O–H groups in total. The molecule has 0 aliphatic rings. The van der Waals surface area contributed by atoms with Crippen molar-refractivity contribution in [2.24, 2.45) is 5.16 Å². The average molecular weight is 405 g/mol. The van der Waals surface area contributed by atoms with Crippen LogP contribution in [0.1, 0.15) is 32.2 Å². The number of benzene rings is 2. The van der Waals surface area contributed by atoms with E-state index in [1.165, 1.54) is 12.1 Å². The first-order chi connectivity index (χ1) is 14.6. The molecule has 0 atom stereocenters. The molecule has 0 saturated carbocycles. The Hall–Kier alpha value is -3.48. The van der Waals surface area contributed by atoms with Gasteiger partial charge in [-0.1, -0.05) is 23.4 Å². The van der Waals surface area contributed by atoms with E-state index in [2.05, 4.69) is 27.7 Å². The van der Waals surface area contributed by atoms with Crippen LogP contribution in [0.2, 0.25) is 0 Å². The minimum Gasteiger partial charge on any atom is -0.396 e. The topological polar surface area (TPSA) is 57.2 Å². The van der Waals surface area contributed by atoms with Crippen LogP contribution in [0.3, 0.4) is 0 Å². The van der Waals surface area contributed by atoms with Crippen molar-refractivity contribution >= 4 is 16.7 Å². The van der Waals surface area contributed by atoms with Gasteiger partial charge in [0.15, 0.2) is 0 Å². The number of nitrogens with zero attached hydrogens (tertiary/aromatic N) is 5. The van der Waals surface area contributed by atoms with Crippen LogP contribution < -0.4 is 0 Å². The molecule has 0 fully saturated rings. The first kappa shape index (κ1) is 19.8. The lowest BCUT2D eigenvalue weighted by Gasteiger charge is -2.10. The highest BCUT2D eigenvalue weighted by atomic mass is 19.1. The number of halogens is 1. The standard InChI is InChI=1S/C23H24FN5O/c1-4-29-21-10-9-17(16(3)27-30-5-2)14-20(21)26-22(29)15-28-12-11-25-23(28)18-7-6-8-19(24)13-18/h6-14H,4-5,15H2,1-3H3. The van der Waals surface area contributed by atoms with Gasteiger partial charge in [-0.25, -0.2) is 14.4 Å². The summed E-state index contributed by atoms with van der Waals surface area (Å²) in [6.07, 6.45) is 3.62. The van der Waals surface area contributed by atoms with Crippen molar-refractivity contribution in [3.05, 3.63) is 72.1 Å². The van der Waals surface area contributed by atoms with Crippen LogP contribution in [0.5, 0.6) is 0 Å². The molecule has 0 amide bonds. The molecule has 154 valence electrons. The molecule has 2 aromatic heterocycles. The van der Waals surface area contributed by atoms with Crippen molar-refractivity contribution in [1.29, 1.82) is 0 Å². The summed E-state index contributed by atoms with van der Waals surface area (Å²) >= 11 is 0. The van der Waals surface area contributed by atoms with Gasteiger partial charge in [-0.2, -0.15) is 0 Å². The molecule has 4 rings (SSSR count). The molecule has 6 nitrogen and oxygen atoms in total. The molecule has 7 heteroatoms. The summed E-state index contributed by atoms with van der Waals surface area (Å²) in [5, 5.41) is 4.12. The Kier molecular flexibility index (Phi) is 5.61. The molecule has 0 radical (unpaired) electrons. The van der Waals surface area contributed by atoms with E-state index in [9.17, 15) is 4.39 Å². The summed E-state index contributed by atoms with van der Waals surface area (Å²) in [4.78, 5) is 14.5. The molecule has 0 aliphatic carbocycles. The van der Waals surface area contributed by atoms with Crippen molar-refractivity contribution in [3.63, 3.8) is 0 Å². The van der Waals surface area contributed by atoms with Gasteiger partial charge in [0.1, 0.15) is 24.1 Å². The summed E-state index contributed by atoms with van der Waals surface area (Å²) < 4.78 is 17.9. The normalized spacial score (nSPS) is 11.9. The predicted molar refractivity (Wildman–Crippen MR) is 116 cm³/mol. The second-order valence-corrected chi connectivity index (χ2v) is 6.96. The number of oxime groups is 1. The Labute approximate surface area is 174 Å². The Bertz CT molecular complexity index is 1210. The van der Waals surface area contributed by atoms with E-state index in [1.54, 1.807) is 12.3 Å².